The SMILES string of the molecule is CC(C)(/N=C1/NC(=O)/C(=C/c2cnc(N(C=O)C3CC3)s2)S1)c1ccccc1. The smallest absolute Gasteiger partial charge is 0.264 e. The first-order chi connectivity index (χ1) is 13.5. The predicted molar refractivity (Wildman–Crippen MR) is 114 cm³/mol. The van der Waals surface area contributed by atoms with Crippen LogP contribution in [-0.2, 0) is 15.1 Å². The van der Waals surface area contributed by atoms with Gasteiger partial charge in [-0.25, -0.2) is 4.98 Å². The van der Waals surface area contributed by atoms with Gasteiger partial charge in [-0.2, -0.15) is 0 Å². The van der Waals surface area contributed by atoms with Crippen LogP contribution in [0.2, 0.25) is 0 Å². The van der Waals surface area contributed by atoms with Crippen LogP contribution in [0.15, 0.2) is 46.4 Å². The summed E-state index contributed by atoms with van der Waals surface area (Å²) in [4.78, 5) is 35.8. The lowest BCUT2D eigenvalue weighted by molar-refractivity contribution is -0.115. The number of aromatic nitrogens is 1. The van der Waals surface area contributed by atoms with Gasteiger partial charge in [0.05, 0.1) is 15.3 Å². The molecule has 2 fully saturated rings. The maximum atomic E-state index is 12.4. The van der Waals surface area contributed by atoms with Gasteiger partial charge in [-0.1, -0.05) is 41.7 Å². The van der Waals surface area contributed by atoms with Crippen molar-refractivity contribution < 1.29 is 9.59 Å². The van der Waals surface area contributed by atoms with Gasteiger partial charge in [-0.15, -0.1) is 0 Å². The molecule has 1 aromatic heterocycles. The van der Waals surface area contributed by atoms with Crippen LogP contribution in [-0.4, -0.2) is 28.5 Å². The van der Waals surface area contributed by atoms with E-state index in [-0.39, 0.29) is 11.9 Å². The summed E-state index contributed by atoms with van der Waals surface area (Å²) in [5.74, 6) is -0.169. The van der Waals surface area contributed by atoms with E-state index in [1.54, 1.807) is 17.2 Å². The summed E-state index contributed by atoms with van der Waals surface area (Å²) in [5, 5.41) is 4.10. The molecule has 2 heterocycles. The highest BCUT2D eigenvalue weighted by Crippen LogP contribution is 2.35. The van der Waals surface area contributed by atoms with Gasteiger partial charge in [0, 0.05) is 12.2 Å². The maximum absolute atomic E-state index is 12.4. The van der Waals surface area contributed by atoms with Gasteiger partial charge in [0.2, 0.25) is 6.41 Å². The van der Waals surface area contributed by atoms with E-state index in [0.29, 0.717) is 15.2 Å². The van der Waals surface area contributed by atoms with Crippen LogP contribution in [0.3, 0.4) is 0 Å². The summed E-state index contributed by atoms with van der Waals surface area (Å²) in [5.41, 5.74) is 0.634. The Balaban J connectivity index is 1.52. The summed E-state index contributed by atoms with van der Waals surface area (Å²) in [6.45, 7) is 4.04. The minimum absolute atomic E-state index is 0.169. The fourth-order valence-corrected chi connectivity index (χ4v) is 4.80. The number of nitrogens with one attached hydrogen (secondary N) is 1. The summed E-state index contributed by atoms with van der Waals surface area (Å²) in [6.07, 6.45) is 6.37. The van der Waals surface area contributed by atoms with Crippen molar-refractivity contribution in [2.75, 3.05) is 4.90 Å². The summed E-state index contributed by atoms with van der Waals surface area (Å²) >= 11 is 2.73. The van der Waals surface area contributed by atoms with E-state index in [0.717, 1.165) is 29.7 Å². The normalized spacial score (nSPS) is 19.9. The van der Waals surface area contributed by atoms with Crippen LogP contribution in [0.4, 0.5) is 5.13 Å². The Morgan fingerprint density at radius 1 is 1.29 bits per heavy atom. The van der Waals surface area contributed by atoms with E-state index in [9.17, 15) is 9.59 Å². The molecule has 0 radical (unpaired) electrons. The molecule has 4 rings (SSSR count). The van der Waals surface area contributed by atoms with Crippen molar-refractivity contribution in [3.05, 3.63) is 51.9 Å². The second kappa shape index (κ2) is 7.52. The molecule has 2 amide bonds. The Labute approximate surface area is 171 Å². The zero-order valence-electron chi connectivity index (χ0n) is 15.6. The highest BCUT2D eigenvalue weighted by Gasteiger charge is 2.31. The van der Waals surface area contributed by atoms with Crippen molar-refractivity contribution in [1.29, 1.82) is 0 Å². The van der Waals surface area contributed by atoms with E-state index in [4.69, 9.17) is 4.99 Å². The third-order valence-corrected chi connectivity index (χ3v) is 6.44. The van der Waals surface area contributed by atoms with Crippen LogP contribution < -0.4 is 10.2 Å². The molecule has 2 aromatic rings. The molecular formula is C20H20N4O2S2. The van der Waals surface area contributed by atoms with Crippen molar-refractivity contribution in [3.63, 3.8) is 0 Å². The van der Waals surface area contributed by atoms with Crippen molar-refractivity contribution in [1.82, 2.24) is 10.3 Å². The van der Waals surface area contributed by atoms with Crippen LogP contribution >= 0.6 is 23.1 Å². The number of hydrogen-bond acceptors (Lipinski definition) is 6. The van der Waals surface area contributed by atoms with E-state index in [1.807, 2.05) is 44.2 Å². The molecular weight excluding hydrogens is 392 g/mol. The van der Waals surface area contributed by atoms with Crippen molar-refractivity contribution in [3.8, 4) is 0 Å². The molecule has 0 bridgehead atoms. The number of rotatable bonds is 6. The molecule has 1 saturated carbocycles. The number of thioether (sulfide) groups is 1. The van der Waals surface area contributed by atoms with E-state index in [2.05, 4.69) is 10.3 Å². The Kier molecular flexibility index (Phi) is 5.07. The minimum atomic E-state index is -0.446. The number of amides is 2. The monoisotopic (exact) mass is 412 g/mol. The lowest BCUT2D eigenvalue weighted by atomic mass is 9.95. The number of anilines is 1. The van der Waals surface area contributed by atoms with Gasteiger partial charge in [0.1, 0.15) is 0 Å². The molecule has 144 valence electrons. The Morgan fingerprint density at radius 2 is 2.04 bits per heavy atom. The van der Waals surface area contributed by atoms with Crippen LogP contribution in [0, 0.1) is 0 Å². The second-order valence-corrected chi connectivity index (χ2v) is 9.27. The molecule has 1 aromatic carbocycles. The molecule has 1 saturated heterocycles. The van der Waals surface area contributed by atoms with Crippen LogP contribution in [0.25, 0.3) is 6.08 Å². The number of carbonyl (C=O) groups is 2. The van der Waals surface area contributed by atoms with Crippen LogP contribution in [0.1, 0.15) is 37.1 Å². The lowest BCUT2D eigenvalue weighted by Crippen LogP contribution is -2.24. The summed E-state index contributed by atoms with van der Waals surface area (Å²) in [6, 6.07) is 10.3. The summed E-state index contributed by atoms with van der Waals surface area (Å²) < 4.78 is 0. The van der Waals surface area contributed by atoms with Gasteiger partial charge in [-0.3, -0.25) is 19.5 Å². The highest BCUT2D eigenvalue weighted by atomic mass is 32.2. The molecule has 1 aliphatic carbocycles. The first kappa shape index (κ1) is 18.9. The predicted octanol–water partition coefficient (Wildman–Crippen LogP) is 3.76. The molecule has 1 aliphatic heterocycles. The fourth-order valence-electron chi connectivity index (χ4n) is 2.88. The maximum Gasteiger partial charge on any atom is 0.264 e. The van der Waals surface area contributed by atoms with Gasteiger partial charge >= 0.3 is 0 Å². The summed E-state index contributed by atoms with van der Waals surface area (Å²) in [7, 11) is 0. The molecule has 0 atom stereocenters. The lowest BCUT2D eigenvalue weighted by Gasteiger charge is -2.20. The zero-order chi connectivity index (χ0) is 19.7. The van der Waals surface area contributed by atoms with Crippen molar-refractivity contribution in [2.45, 2.75) is 38.3 Å². The molecule has 2 aliphatic rings. The quantitative estimate of drug-likeness (QED) is 0.579. The number of carbonyl (C=O) groups excluding carboxylic acids is 2. The largest absolute Gasteiger partial charge is 0.301 e. The van der Waals surface area contributed by atoms with E-state index < -0.39 is 5.54 Å². The third-order valence-electron chi connectivity index (χ3n) is 4.57. The zero-order valence-corrected chi connectivity index (χ0v) is 17.2. The van der Waals surface area contributed by atoms with Gasteiger partial charge in [0.15, 0.2) is 10.3 Å². The van der Waals surface area contributed by atoms with E-state index >= 15 is 0 Å². The molecule has 8 heteroatoms. The first-order valence-electron chi connectivity index (χ1n) is 9.02. The standard InChI is InChI=1S/C20H20N4O2S2/c1-20(2,13-6-4-3-5-7-13)23-18-22-17(26)16(28-18)10-15-11-21-19(27-15)24(12-25)14-8-9-14/h3-7,10-12,14H,8-9H2,1-2H3,(H,22,23,26)/b16-10-. The van der Waals surface area contributed by atoms with Gasteiger partial charge in [-0.05, 0) is 50.1 Å². The molecule has 28 heavy (non-hydrogen) atoms. The number of thiazole rings is 1. The number of amidine groups is 1. The number of benzene rings is 1. The molecule has 1 N–H and O–H groups in total. The number of aliphatic imine (C=N–C) groups is 1. The van der Waals surface area contributed by atoms with Gasteiger partial charge in [0.25, 0.3) is 5.91 Å². The molecule has 6 nitrogen and oxygen atoms in total. The average Bonchev–Trinajstić information content (AvgIpc) is 3.31. The Bertz CT molecular complexity index is 962. The molecule has 0 unspecified atom stereocenters. The van der Waals surface area contributed by atoms with Crippen molar-refractivity contribution >= 4 is 51.8 Å². The second-order valence-electron chi connectivity index (χ2n) is 7.20. The van der Waals surface area contributed by atoms with Gasteiger partial charge < -0.3 is 5.32 Å². The Morgan fingerprint density at radius 3 is 2.71 bits per heavy atom. The average molecular weight is 413 g/mol. The highest BCUT2D eigenvalue weighted by molar-refractivity contribution is 8.18. The molecule has 0 spiro atoms. The van der Waals surface area contributed by atoms with Crippen LogP contribution in [0.5, 0.6) is 0 Å². The third kappa shape index (κ3) is 4.02. The first-order valence-corrected chi connectivity index (χ1v) is 10.7. The number of nitrogens with zero attached hydrogens (tertiary/aromatic N) is 3. The Hall–Kier alpha value is -2.45. The number of hydrogen-bond donors (Lipinski definition) is 1. The van der Waals surface area contributed by atoms with Crippen molar-refractivity contribution in [2.24, 2.45) is 4.99 Å². The minimum Gasteiger partial charge on any atom is -0.301 e. The topological polar surface area (TPSA) is 74.7 Å². The fraction of sp³-hybridized carbons (Fsp3) is 0.300. The van der Waals surface area contributed by atoms with E-state index in [1.165, 1.54) is 23.1 Å².